The Morgan fingerprint density at radius 2 is 2.06 bits per heavy atom. The van der Waals surface area contributed by atoms with Crippen LogP contribution in [0.15, 0.2) is 18.3 Å². The number of carbonyl (C=O) groups excluding carboxylic acids is 1. The number of aromatic nitrogens is 1. The van der Waals surface area contributed by atoms with Gasteiger partial charge in [-0.15, -0.1) is 0 Å². The average molecular weight is 243 g/mol. The molecular weight excluding hydrogens is 228 g/mol. The lowest BCUT2D eigenvalue weighted by molar-refractivity contribution is -0.126. The first-order valence-corrected chi connectivity index (χ1v) is 5.38. The maximum absolute atomic E-state index is 12.0. The van der Waals surface area contributed by atoms with Crippen molar-refractivity contribution >= 4 is 17.4 Å². The zero-order chi connectivity index (χ0) is 12.8. The van der Waals surface area contributed by atoms with E-state index in [-0.39, 0.29) is 5.69 Å². The molecule has 1 amide bonds. The number of pyridine rings is 1. The topological polar surface area (TPSA) is 45.2 Å². The van der Waals surface area contributed by atoms with E-state index >= 15 is 0 Å². The van der Waals surface area contributed by atoms with Crippen LogP contribution >= 0.6 is 0 Å². The maximum Gasteiger partial charge on any atom is 0.315 e. The first kappa shape index (κ1) is 13.3. The summed E-state index contributed by atoms with van der Waals surface area (Å²) in [5.41, 5.74) is 0.270. The van der Waals surface area contributed by atoms with Crippen molar-refractivity contribution in [2.24, 2.45) is 0 Å². The number of nitrogens with zero attached hydrogens (tertiary/aromatic N) is 2. The van der Waals surface area contributed by atoms with Gasteiger partial charge in [0.2, 0.25) is 0 Å². The molecule has 0 spiro atoms. The quantitative estimate of drug-likeness (QED) is 0.861. The molecule has 0 aliphatic heterocycles. The van der Waals surface area contributed by atoms with Gasteiger partial charge in [0.1, 0.15) is 5.82 Å². The Morgan fingerprint density at radius 3 is 2.47 bits per heavy atom. The summed E-state index contributed by atoms with van der Waals surface area (Å²) in [6, 6.07) is 3.25. The van der Waals surface area contributed by atoms with Crippen molar-refractivity contribution in [2.75, 3.05) is 23.3 Å². The van der Waals surface area contributed by atoms with Crippen molar-refractivity contribution in [1.29, 1.82) is 0 Å². The highest BCUT2D eigenvalue weighted by Gasteiger charge is 2.15. The van der Waals surface area contributed by atoms with Crippen molar-refractivity contribution < 1.29 is 13.6 Å². The lowest BCUT2D eigenvalue weighted by Crippen LogP contribution is -2.23. The molecule has 0 saturated carbocycles. The molecule has 0 saturated heterocycles. The van der Waals surface area contributed by atoms with Crippen molar-refractivity contribution in [1.82, 2.24) is 4.98 Å². The van der Waals surface area contributed by atoms with Crippen LogP contribution in [-0.4, -0.2) is 30.4 Å². The highest BCUT2D eigenvalue weighted by molar-refractivity contribution is 5.92. The summed E-state index contributed by atoms with van der Waals surface area (Å²) >= 11 is 0. The highest BCUT2D eigenvalue weighted by atomic mass is 19.3. The fourth-order valence-corrected chi connectivity index (χ4v) is 1.39. The van der Waals surface area contributed by atoms with Gasteiger partial charge in [0.25, 0.3) is 5.91 Å². The van der Waals surface area contributed by atoms with Crippen LogP contribution in [0.3, 0.4) is 0 Å². The summed E-state index contributed by atoms with van der Waals surface area (Å²) in [6.45, 7) is 5.62. The summed E-state index contributed by atoms with van der Waals surface area (Å²) in [6.07, 6.45) is -1.65. The predicted molar refractivity (Wildman–Crippen MR) is 62.4 cm³/mol. The van der Waals surface area contributed by atoms with E-state index in [0.717, 1.165) is 18.9 Å². The summed E-state index contributed by atoms with van der Waals surface area (Å²) in [5.74, 6) is -0.563. The number of carbonyl (C=O) groups is 1. The molecule has 0 aliphatic carbocycles. The van der Waals surface area contributed by atoms with Crippen molar-refractivity contribution in [3.05, 3.63) is 18.3 Å². The third kappa shape index (κ3) is 3.65. The fourth-order valence-electron chi connectivity index (χ4n) is 1.39. The Hall–Kier alpha value is -1.72. The monoisotopic (exact) mass is 243 g/mol. The van der Waals surface area contributed by atoms with Crippen LogP contribution in [0.4, 0.5) is 20.3 Å². The number of halogens is 2. The van der Waals surface area contributed by atoms with Crippen LogP contribution in [0.2, 0.25) is 0 Å². The van der Waals surface area contributed by atoms with Gasteiger partial charge in [-0.2, -0.15) is 8.78 Å². The van der Waals surface area contributed by atoms with E-state index in [9.17, 15) is 13.6 Å². The number of anilines is 2. The molecule has 0 fully saturated rings. The minimum Gasteiger partial charge on any atom is -0.357 e. The molecule has 0 unspecified atom stereocenters. The minimum absolute atomic E-state index is 0.270. The van der Waals surface area contributed by atoms with Crippen molar-refractivity contribution in [3.63, 3.8) is 0 Å². The fraction of sp³-hybridized carbons (Fsp3) is 0.455. The van der Waals surface area contributed by atoms with Crippen LogP contribution in [0.25, 0.3) is 0 Å². The number of hydrogen-bond donors (Lipinski definition) is 1. The zero-order valence-electron chi connectivity index (χ0n) is 9.78. The van der Waals surface area contributed by atoms with E-state index in [1.54, 1.807) is 12.1 Å². The van der Waals surface area contributed by atoms with Gasteiger partial charge < -0.3 is 10.2 Å². The normalized spacial score (nSPS) is 10.4. The van der Waals surface area contributed by atoms with Gasteiger partial charge in [0.15, 0.2) is 0 Å². The standard InChI is InChI=1S/C11H15F2N3O/c1-3-16(4-2)9-6-5-8(7-14-9)15-11(17)10(12)13/h5-7,10H,3-4H2,1-2H3,(H,15,17). The van der Waals surface area contributed by atoms with E-state index in [2.05, 4.69) is 10.3 Å². The Balaban J connectivity index is 2.71. The second kappa shape index (κ2) is 6.12. The maximum atomic E-state index is 12.0. The Kier molecular flexibility index (Phi) is 4.81. The van der Waals surface area contributed by atoms with Crippen LogP contribution in [0.5, 0.6) is 0 Å². The molecule has 1 rings (SSSR count). The van der Waals surface area contributed by atoms with Gasteiger partial charge in [0, 0.05) is 13.1 Å². The molecule has 94 valence electrons. The van der Waals surface area contributed by atoms with E-state index in [1.807, 2.05) is 18.7 Å². The molecule has 17 heavy (non-hydrogen) atoms. The summed E-state index contributed by atoms with van der Waals surface area (Å²) in [7, 11) is 0. The lowest BCUT2D eigenvalue weighted by Gasteiger charge is -2.19. The second-order valence-corrected chi connectivity index (χ2v) is 3.37. The number of amides is 1. The average Bonchev–Trinajstić information content (AvgIpc) is 2.32. The van der Waals surface area contributed by atoms with Gasteiger partial charge in [-0.25, -0.2) is 4.98 Å². The molecule has 0 aromatic carbocycles. The van der Waals surface area contributed by atoms with Crippen LogP contribution in [0.1, 0.15) is 13.8 Å². The Bertz CT molecular complexity index is 363. The van der Waals surface area contributed by atoms with Crippen molar-refractivity contribution in [2.45, 2.75) is 20.3 Å². The van der Waals surface area contributed by atoms with Gasteiger partial charge in [0.05, 0.1) is 11.9 Å². The van der Waals surface area contributed by atoms with E-state index in [0.29, 0.717) is 0 Å². The molecule has 0 bridgehead atoms. The molecule has 1 aromatic rings. The molecule has 1 heterocycles. The highest BCUT2D eigenvalue weighted by Crippen LogP contribution is 2.14. The Morgan fingerprint density at radius 1 is 1.41 bits per heavy atom. The first-order chi connectivity index (χ1) is 8.08. The molecule has 1 aromatic heterocycles. The molecule has 0 radical (unpaired) electrons. The van der Waals surface area contributed by atoms with Crippen LogP contribution in [0, 0.1) is 0 Å². The van der Waals surface area contributed by atoms with Crippen LogP contribution in [-0.2, 0) is 4.79 Å². The predicted octanol–water partition coefficient (Wildman–Crippen LogP) is 2.13. The smallest absolute Gasteiger partial charge is 0.315 e. The molecule has 6 heteroatoms. The third-order valence-corrected chi connectivity index (χ3v) is 2.30. The summed E-state index contributed by atoms with van der Waals surface area (Å²) < 4.78 is 24.0. The third-order valence-electron chi connectivity index (χ3n) is 2.30. The minimum atomic E-state index is -3.02. The SMILES string of the molecule is CCN(CC)c1ccc(NC(=O)C(F)F)cn1. The van der Waals surface area contributed by atoms with Gasteiger partial charge >= 0.3 is 6.43 Å². The van der Waals surface area contributed by atoms with E-state index < -0.39 is 12.3 Å². The largest absolute Gasteiger partial charge is 0.357 e. The van der Waals surface area contributed by atoms with Crippen molar-refractivity contribution in [3.8, 4) is 0 Å². The molecule has 4 nitrogen and oxygen atoms in total. The molecule has 0 atom stereocenters. The lowest BCUT2D eigenvalue weighted by atomic mass is 10.3. The number of hydrogen-bond acceptors (Lipinski definition) is 3. The molecular formula is C11H15F2N3O. The summed E-state index contributed by atoms with van der Waals surface area (Å²) in [4.78, 5) is 16.9. The van der Waals surface area contributed by atoms with Gasteiger partial charge in [-0.1, -0.05) is 0 Å². The van der Waals surface area contributed by atoms with Gasteiger partial charge in [-0.05, 0) is 26.0 Å². The second-order valence-electron chi connectivity index (χ2n) is 3.37. The van der Waals surface area contributed by atoms with E-state index in [4.69, 9.17) is 0 Å². The molecule has 0 aliphatic rings. The number of alkyl halides is 2. The first-order valence-electron chi connectivity index (χ1n) is 5.38. The number of nitrogens with one attached hydrogen (secondary N) is 1. The van der Waals surface area contributed by atoms with E-state index in [1.165, 1.54) is 6.20 Å². The van der Waals surface area contributed by atoms with Crippen LogP contribution < -0.4 is 10.2 Å². The summed E-state index contributed by atoms with van der Waals surface area (Å²) in [5, 5.41) is 2.07. The van der Waals surface area contributed by atoms with Gasteiger partial charge in [-0.3, -0.25) is 4.79 Å². The number of rotatable bonds is 5. The Labute approximate surface area is 98.6 Å². The molecule has 1 N–H and O–H groups in total. The zero-order valence-corrected chi connectivity index (χ0v) is 9.78.